The highest BCUT2D eigenvalue weighted by Gasteiger charge is 2.60. The summed E-state index contributed by atoms with van der Waals surface area (Å²) in [6.07, 6.45) is 2.80. The lowest BCUT2D eigenvalue weighted by Gasteiger charge is -2.51. The molecule has 2 aromatic rings. The van der Waals surface area contributed by atoms with Crippen LogP contribution in [0.1, 0.15) is 74.1 Å². The Morgan fingerprint density at radius 1 is 1.10 bits per heavy atom. The molecule has 4 fully saturated rings. The molecule has 0 radical (unpaired) electrons. The number of hydrogen-bond acceptors (Lipinski definition) is 6. The van der Waals surface area contributed by atoms with E-state index in [4.69, 9.17) is 10.6 Å². The lowest BCUT2D eigenvalue weighted by molar-refractivity contribution is -0.149. The topological polar surface area (TPSA) is 103 Å². The number of nitriles is 1. The number of halogens is 4. The molecule has 8 nitrogen and oxygen atoms in total. The molecular weight excluding hydrogens is 746 g/mol. The van der Waals surface area contributed by atoms with Crippen molar-refractivity contribution >= 4 is 34.4 Å². The van der Waals surface area contributed by atoms with Crippen LogP contribution in [0.3, 0.4) is 0 Å². The second kappa shape index (κ2) is 13.9. The number of rotatable bonds is 10. The number of amides is 2. The van der Waals surface area contributed by atoms with Gasteiger partial charge in [0.05, 0.1) is 35.0 Å². The van der Waals surface area contributed by atoms with Crippen LogP contribution in [-0.2, 0) is 27.5 Å². The minimum absolute atomic E-state index is 0.0222. The quantitative estimate of drug-likeness (QED) is 0.128. The molecule has 2 N–H and O–H groups in total. The second-order valence-corrected chi connectivity index (χ2v) is 16.3. The van der Waals surface area contributed by atoms with E-state index in [1.165, 1.54) is 17.1 Å². The van der Waals surface area contributed by atoms with Gasteiger partial charge in [-0.15, -0.1) is 0 Å². The van der Waals surface area contributed by atoms with Crippen molar-refractivity contribution in [3.63, 3.8) is 0 Å². The van der Waals surface area contributed by atoms with Crippen LogP contribution in [0.5, 0.6) is 0 Å². The average Bonchev–Trinajstić information content (AvgIpc) is 3.51. The Balaban J connectivity index is 1.13. The Morgan fingerprint density at radius 3 is 2.39 bits per heavy atom. The first-order chi connectivity index (χ1) is 23.2. The maximum absolute atomic E-state index is 13.8. The number of nitrogens with two attached hydrogens (primary N) is 1. The summed E-state index contributed by atoms with van der Waals surface area (Å²) in [7, 11) is 0. The SMILES string of the molecule is CC1(C)C[C@@H]1C(=O)N1CC2(CN(C(=O)/C(I)=C/N(N)Cc3ccc(F)cc3)C[C@H]2COCc2cccc(C3CCC(F)(F)CC3)c2C#N)C1. The van der Waals surface area contributed by atoms with E-state index in [1.54, 1.807) is 23.2 Å². The van der Waals surface area contributed by atoms with E-state index in [2.05, 4.69) is 19.9 Å². The average molecular weight is 790 g/mol. The van der Waals surface area contributed by atoms with Gasteiger partial charge in [0.2, 0.25) is 11.8 Å². The Hall–Kier alpha value is -3.15. The van der Waals surface area contributed by atoms with Gasteiger partial charge in [0.25, 0.3) is 5.91 Å². The first kappa shape index (κ1) is 35.7. The summed E-state index contributed by atoms with van der Waals surface area (Å²) in [5.74, 6) is 3.12. The van der Waals surface area contributed by atoms with E-state index in [1.807, 2.05) is 45.7 Å². The van der Waals surface area contributed by atoms with Crippen LogP contribution in [-0.4, -0.2) is 65.3 Å². The monoisotopic (exact) mass is 789 g/mol. The molecule has 2 saturated heterocycles. The van der Waals surface area contributed by atoms with Gasteiger partial charge in [0.1, 0.15) is 5.82 Å². The van der Waals surface area contributed by atoms with Gasteiger partial charge in [-0.1, -0.05) is 44.2 Å². The maximum atomic E-state index is 13.8. The number of carbonyl (C=O) groups excluding carboxylic acids is 2. The number of hydrogen-bond donors (Lipinski definition) is 1. The molecule has 2 atom stereocenters. The number of alkyl halides is 2. The summed E-state index contributed by atoms with van der Waals surface area (Å²) in [6, 6.07) is 13.9. The van der Waals surface area contributed by atoms with Gasteiger partial charge >= 0.3 is 0 Å². The van der Waals surface area contributed by atoms with Crippen LogP contribution < -0.4 is 5.84 Å². The summed E-state index contributed by atoms with van der Waals surface area (Å²) in [5.41, 5.74) is 2.53. The van der Waals surface area contributed by atoms with E-state index in [0.717, 1.165) is 23.1 Å². The predicted molar refractivity (Wildman–Crippen MR) is 186 cm³/mol. The van der Waals surface area contributed by atoms with Crippen LogP contribution in [0.2, 0.25) is 0 Å². The van der Waals surface area contributed by atoms with Gasteiger partial charge in [-0.25, -0.2) is 19.0 Å². The Morgan fingerprint density at radius 2 is 1.76 bits per heavy atom. The number of likely N-dealkylation sites (tertiary alicyclic amines) is 2. The Kier molecular flexibility index (Phi) is 10.1. The van der Waals surface area contributed by atoms with Crippen LogP contribution in [0.4, 0.5) is 13.2 Å². The highest BCUT2D eigenvalue weighted by Crippen LogP contribution is 2.55. The molecule has 2 saturated carbocycles. The Labute approximate surface area is 299 Å². The van der Waals surface area contributed by atoms with Gasteiger partial charge in [-0.05, 0) is 82.0 Å². The zero-order chi connectivity index (χ0) is 35.1. The van der Waals surface area contributed by atoms with E-state index in [-0.39, 0.29) is 65.7 Å². The van der Waals surface area contributed by atoms with E-state index in [9.17, 15) is 28.0 Å². The summed E-state index contributed by atoms with van der Waals surface area (Å²) in [6.45, 7) is 7.06. The highest BCUT2D eigenvalue weighted by atomic mass is 127. The molecular formula is C37H43F3IN5O3. The summed E-state index contributed by atoms with van der Waals surface area (Å²) in [5, 5.41) is 11.5. The molecule has 2 amide bonds. The fourth-order valence-corrected chi connectivity index (χ4v) is 8.53. The fraction of sp³-hybridized carbons (Fsp3) is 0.541. The molecule has 49 heavy (non-hydrogen) atoms. The predicted octanol–water partition coefficient (Wildman–Crippen LogP) is 6.49. The zero-order valence-electron chi connectivity index (χ0n) is 27.9. The molecule has 1 spiro atoms. The van der Waals surface area contributed by atoms with E-state index in [0.29, 0.717) is 61.3 Å². The van der Waals surface area contributed by atoms with E-state index >= 15 is 0 Å². The molecule has 262 valence electrons. The van der Waals surface area contributed by atoms with Gasteiger partial charge in [0.15, 0.2) is 0 Å². The first-order valence-electron chi connectivity index (χ1n) is 16.9. The van der Waals surface area contributed by atoms with E-state index < -0.39 is 5.92 Å². The molecule has 12 heteroatoms. The van der Waals surface area contributed by atoms with Crippen LogP contribution >= 0.6 is 22.6 Å². The molecule has 0 bridgehead atoms. The standard InChI is InChI=1S/C37H43F3IN5O3/c1-35(2)14-31(35)33(47)45-22-36(23-45)21-44(34(48)32(41)18-46(43)16-24-6-8-28(38)9-7-24)17-27(36)20-49-19-26-4-3-5-29(30(26)15-42)25-10-12-37(39,40)13-11-25/h3-9,18,25,27,31H,10-14,16-17,19-23,43H2,1-2H3/b32-18-/t27-,31+/m0/s1. The van der Waals surface area contributed by atoms with Crippen molar-refractivity contribution in [2.75, 3.05) is 32.8 Å². The third kappa shape index (κ3) is 7.78. The van der Waals surface area contributed by atoms with Crippen molar-refractivity contribution in [1.29, 1.82) is 5.26 Å². The van der Waals surface area contributed by atoms with Gasteiger partial charge < -0.3 is 19.5 Å². The van der Waals surface area contributed by atoms with Gasteiger partial charge in [-0.3, -0.25) is 9.59 Å². The minimum Gasteiger partial charge on any atom is -0.376 e. The molecule has 2 aliphatic carbocycles. The molecule has 0 unspecified atom stereocenters. The number of hydrazine groups is 1. The summed E-state index contributed by atoms with van der Waals surface area (Å²) < 4.78 is 47.7. The smallest absolute Gasteiger partial charge is 0.261 e. The lowest BCUT2D eigenvalue weighted by Crippen LogP contribution is -2.63. The number of nitrogens with zero attached hydrogens (tertiary/aromatic N) is 4. The fourth-order valence-electron chi connectivity index (χ4n) is 7.83. The third-order valence-corrected chi connectivity index (χ3v) is 11.8. The third-order valence-electron chi connectivity index (χ3n) is 11.0. The number of carbonyl (C=O) groups is 2. The normalized spacial score (nSPS) is 24.0. The van der Waals surface area contributed by atoms with Crippen molar-refractivity contribution in [3.8, 4) is 6.07 Å². The molecule has 2 aromatic carbocycles. The van der Waals surface area contributed by atoms with Crippen LogP contribution in [0.25, 0.3) is 0 Å². The van der Waals surface area contributed by atoms with Crippen molar-refractivity contribution in [2.45, 2.75) is 70.9 Å². The minimum atomic E-state index is -2.64. The van der Waals surface area contributed by atoms with Crippen LogP contribution in [0, 0.1) is 39.8 Å². The largest absolute Gasteiger partial charge is 0.376 e. The van der Waals surface area contributed by atoms with Crippen molar-refractivity contribution in [2.24, 2.45) is 28.5 Å². The Bertz CT molecular complexity index is 1640. The molecule has 4 aliphatic rings. The molecule has 2 heterocycles. The first-order valence-corrected chi connectivity index (χ1v) is 18.0. The van der Waals surface area contributed by atoms with Gasteiger partial charge in [0, 0.05) is 62.5 Å². The lowest BCUT2D eigenvalue weighted by atomic mass is 9.71. The summed E-state index contributed by atoms with van der Waals surface area (Å²) in [4.78, 5) is 30.6. The van der Waals surface area contributed by atoms with Crippen molar-refractivity contribution in [1.82, 2.24) is 14.8 Å². The van der Waals surface area contributed by atoms with Crippen molar-refractivity contribution in [3.05, 3.63) is 80.3 Å². The zero-order valence-corrected chi connectivity index (χ0v) is 30.1. The van der Waals surface area contributed by atoms with Crippen molar-refractivity contribution < 1.29 is 27.5 Å². The molecule has 6 rings (SSSR count). The number of ether oxygens (including phenoxy) is 1. The van der Waals surface area contributed by atoms with Crippen LogP contribution in [0.15, 0.2) is 52.2 Å². The molecule has 2 aliphatic heterocycles. The number of benzene rings is 2. The second-order valence-electron chi connectivity index (χ2n) is 15.1. The van der Waals surface area contributed by atoms with Gasteiger partial charge in [-0.2, -0.15) is 5.26 Å². The maximum Gasteiger partial charge on any atom is 0.261 e. The summed E-state index contributed by atoms with van der Waals surface area (Å²) >= 11 is 1.99. The highest BCUT2D eigenvalue weighted by molar-refractivity contribution is 14.1. The molecule has 0 aromatic heterocycles.